The average molecular weight is 499 g/mol. The summed E-state index contributed by atoms with van der Waals surface area (Å²) < 4.78 is 25.2. The van der Waals surface area contributed by atoms with Gasteiger partial charge in [-0.1, -0.05) is 58.1 Å². The Morgan fingerprint density at radius 2 is 1.64 bits per heavy atom. The van der Waals surface area contributed by atoms with E-state index in [2.05, 4.69) is 13.5 Å². The molecule has 3 nitrogen and oxygen atoms in total. The molecule has 4 heteroatoms. The van der Waals surface area contributed by atoms with Crippen molar-refractivity contribution in [3.8, 4) is 11.5 Å². The molecular formula is C32H47FO3. The smallest absolute Gasteiger partial charge is 0.314 e. The number of fused-ring (bicyclic) bond motifs is 1. The molecule has 4 rings (SSSR count). The highest BCUT2D eigenvalue weighted by atomic mass is 19.1. The van der Waals surface area contributed by atoms with Gasteiger partial charge in [0.15, 0.2) is 11.6 Å². The lowest BCUT2D eigenvalue weighted by molar-refractivity contribution is -0.140. The molecule has 0 radical (unpaired) electrons. The van der Waals surface area contributed by atoms with Gasteiger partial charge < -0.3 is 9.47 Å². The zero-order chi connectivity index (χ0) is 25.3. The zero-order valence-corrected chi connectivity index (χ0v) is 22.4. The zero-order valence-electron chi connectivity index (χ0n) is 22.4. The van der Waals surface area contributed by atoms with Gasteiger partial charge in [0.1, 0.15) is 12.4 Å². The van der Waals surface area contributed by atoms with Crippen LogP contribution in [0.25, 0.3) is 0 Å². The maximum absolute atomic E-state index is 14.4. The largest absolute Gasteiger partial charge is 0.489 e. The molecule has 1 aromatic carbocycles. The van der Waals surface area contributed by atoms with Crippen molar-refractivity contribution in [1.82, 2.24) is 0 Å². The average Bonchev–Trinajstić information content (AvgIpc) is 2.91. The van der Waals surface area contributed by atoms with Gasteiger partial charge in [-0.15, -0.1) is 0 Å². The van der Waals surface area contributed by atoms with Gasteiger partial charge in [-0.05, 0) is 99.5 Å². The first-order valence-electron chi connectivity index (χ1n) is 14.8. The summed E-state index contributed by atoms with van der Waals surface area (Å²) in [5.74, 6) is 3.93. The van der Waals surface area contributed by atoms with Crippen molar-refractivity contribution in [2.24, 2.45) is 35.5 Å². The summed E-state index contributed by atoms with van der Waals surface area (Å²) in [6, 6.07) is 4.37. The number of benzene rings is 1. The Morgan fingerprint density at radius 1 is 0.944 bits per heavy atom. The molecule has 1 aromatic rings. The normalized spacial score (nSPS) is 30.3. The van der Waals surface area contributed by atoms with Crippen molar-refractivity contribution in [1.29, 1.82) is 0 Å². The van der Waals surface area contributed by atoms with Crippen LogP contribution in [0.15, 0.2) is 30.9 Å². The van der Waals surface area contributed by atoms with E-state index in [0.29, 0.717) is 12.4 Å². The highest BCUT2D eigenvalue weighted by molar-refractivity contribution is 5.75. The van der Waals surface area contributed by atoms with Crippen molar-refractivity contribution in [3.05, 3.63) is 36.7 Å². The van der Waals surface area contributed by atoms with Gasteiger partial charge in [0.25, 0.3) is 0 Å². The predicted molar refractivity (Wildman–Crippen MR) is 144 cm³/mol. The van der Waals surface area contributed by atoms with E-state index in [1.807, 2.05) is 0 Å². The molecule has 0 spiro atoms. The minimum absolute atomic E-state index is 0.00707. The van der Waals surface area contributed by atoms with Crippen LogP contribution in [-0.2, 0) is 4.79 Å². The fourth-order valence-electron chi connectivity index (χ4n) is 7.40. The molecule has 200 valence electrons. The Morgan fingerprint density at radius 3 is 2.36 bits per heavy atom. The third-order valence-electron chi connectivity index (χ3n) is 9.48. The van der Waals surface area contributed by atoms with E-state index >= 15 is 0 Å². The minimum Gasteiger partial charge on any atom is -0.489 e. The predicted octanol–water partition coefficient (Wildman–Crippen LogP) is 8.91. The summed E-state index contributed by atoms with van der Waals surface area (Å²) in [4.78, 5) is 12.8. The second kappa shape index (κ2) is 13.6. The van der Waals surface area contributed by atoms with Gasteiger partial charge in [0.2, 0.25) is 0 Å². The van der Waals surface area contributed by atoms with Crippen LogP contribution < -0.4 is 9.47 Å². The van der Waals surface area contributed by atoms with E-state index in [1.54, 1.807) is 12.1 Å². The highest BCUT2D eigenvalue weighted by Gasteiger charge is 2.39. The fraction of sp³-hybridized carbons (Fsp3) is 0.719. The number of hydrogen-bond acceptors (Lipinski definition) is 3. The van der Waals surface area contributed by atoms with Crippen molar-refractivity contribution in [3.63, 3.8) is 0 Å². The van der Waals surface area contributed by atoms with Crippen molar-refractivity contribution in [2.75, 3.05) is 6.61 Å². The minimum atomic E-state index is -0.564. The number of carbonyl (C=O) groups is 1. The molecule has 36 heavy (non-hydrogen) atoms. The van der Waals surface area contributed by atoms with Crippen LogP contribution >= 0.6 is 0 Å². The Balaban J connectivity index is 1.19. The van der Waals surface area contributed by atoms with Crippen molar-refractivity contribution < 1.29 is 18.7 Å². The third-order valence-corrected chi connectivity index (χ3v) is 9.48. The molecule has 0 aromatic heterocycles. The number of esters is 1. The molecule has 0 bridgehead atoms. The molecule has 0 heterocycles. The number of halogens is 1. The number of hydrogen-bond donors (Lipinski definition) is 0. The molecule has 0 amide bonds. The van der Waals surface area contributed by atoms with E-state index in [4.69, 9.17) is 9.47 Å². The van der Waals surface area contributed by atoms with Crippen LogP contribution in [0.3, 0.4) is 0 Å². The Bertz CT molecular complexity index is 844. The molecule has 3 saturated carbocycles. The molecule has 0 saturated heterocycles. The monoisotopic (exact) mass is 498 g/mol. The number of carbonyl (C=O) groups excluding carboxylic acids is 1. The Labute approximate surface area is 218 Å². The first kappa shape index (κ1) is 27.2. The van der Waals surface area contributed by atoms with E-state index in [9.17, 15) is 9.18 Å². The SMILES string of the molecule is C=CCOc1ccc(OC(=O)C2CCC(C3CCC4CC(CCCCCC)CCC4C3)CC2)c(F)c1. The second-order valence-electron chi connectivity index (χ2n) is 11.8. The third kappa shape index (κ3) is 7.35. The second-order valence-corrected chi connectivity index (χ2v) is 11.8. The van der Waals surface area contributed by atoms with Crippen LogP contribution in [0.4, 0.5) is 4.39 Å². The summed E-state index contributed by atoms with van der Waals surface area (Å²) in [5.41, 5.74) is 0. The topological polar surface area (TPSA) is 35.5 Å². The van der Waals surface area contributed by atoms with E-state index in [1.165, 1.54) is 82.8 Å². The standard InChI is InChI=1S/C32H47FO3/c1-3-5-6-7-8-23-9-10-28-21-27(16-15-26(28)20-23)24-11-13-25(14-12-24)32(34)36-31-18-17-29(22-30(31)33)35-19-4-2/h4,17-18,22-28H,2-3,5-16,19-21H2,1H3. The first-order valence-corrected chi connectivity index (χ1v) is 14.8. The summed E-state index contributed by atoms with van der Waals surface area (Å²) in [6.07, 6.45) is 21.2. The number of unbranched alkanes of at least 4 members (excludes halogenated alkanes) is 3. The summed E-state index contributed by atoms with van der Waals surface area (Å²) in [7, 11) is 0. The van der Waals surface area contributed by atoms with Crippen LogP contribution in [0.1, 0.15) is 103 Å². The summed E-state index contributed by atoms with van der Waals surface area (Å²) in [5, 5.41) is 0. The molecule has 3 aliphatic rings. The lowest BCUT2D eigenvalue weighted by Crippen LogP contribution is -2.35. The van der Waals surface area contributed by atoms with Gasteiger partial charge in [0.05, 0.1) is 5.92 Å². The van der Waals surface area contributed by atoms with Gasteiger partial charge >= 0.3 is 5.97 Å². The van der Waals surface area contributed by atoms with Crippen LogP contribution in [0.2, 0.25) is 0 Å². The molecule has 4 atom stereocenters. The number of rotatable bonds is 11. The van der Waals surface area contributed by atoms with Gasteiger partial charge in [0, 0.05) is 6.07 Å². The summed E-state index contributed by atoms with van der Waals surface area (Å²) in [6.45, 7) is 6.19. The van der Waals surface area contributed by atoms with Crippen molar-refractivity contribution in [2.45, 2.75) is 103 Å². The Hall–Kier alpha value is -1.84. The highest BCUT2D eigenvalue weighted by Crippen LogP contribution is 2.49. The van der Waals surface area contributed by atoms with E-state index < -0.39 is 5.82 Å². The maximum atomic E-state index is 14.4. The van der Waals surface area contributed by atoms with Crippen molar-refractivity contribution >= 4 is 5.97 Å². The Kier molecular flexibility index (Phi) is 10.3. The van der Waals surface area contributed by atoms with Gasteiger partial charge in [-0.3, -0.25) is 4.79 Å². The lowest BCUT2D eigenvalue weighted by Gasteiger charge is -2.45. The molecule has 0 aliphatic heterocycles. The van der Waals surface area contributed by atoms with Gasteiger partial charge in [-0.2, -0.15) is 0 Å². The maximum Gasteiger partial charge on any atom is 0.314 e. The van der Waals surface area contributed by atoms with Gasteiger partial charge in [-0.25, -0.2) is 4.39 Å². The molecular weight excluding hydrogens is 451 g/mol. The molecule has 3 fully saturated rings. The lowest BCUT2D eigenvalue weighted by atomic mass is 9.60. The molecule has 3 aliphatic carbocycles. The van der Waals surface area contributed by atoms with Crippen LogP contribution in [-0.4, -0.2) is 12.6 Å². The fourth-order valence-corrected chi connectivity index (χ4v) is 7.40. The summed E-state index contributed by atoms with van der Waals surface area (Å²) >= 11 is 0. The first-order chi connectivity index (χ1) is 17.6. The van der Waals surface area contributed by atoms with E-state index in [-0.39, 0.29) is 17.6 Å². The van der Waals surface area contributed by atoms with Crippen LogP contribution in [0.5, 0.6) is 11.5 Å². The molecule has 4 unspecified atom stereocenters. The molecule has 0 N–H and O–H groups in total. The number of ether oxygens (including phenoxy) is 2. The quantitative estimate of drug-likeness (QED) is 0.132. The van der Waals surface area contributed by atoms with E-state index in [0.717, 1.165) is 55.3 Å². The van der Waals surface area contributed by atoms with Crippen LogP contribution in [0, 0.1) is 41.3 Å².